The minimum absolute atomic E-state index is 0.111. The molecule has 0 spiro atoms. The van der Waals surface area contributed by atoms with Crippen molar-refractivity contribution >= 4 is 6.08 Å². The molecule has 2 N–H and O–H groups in total. The fourth-order valence-electron chi connectivity index (χ4n) is 4.80. The Hall–Kier alpha value is -3.06. The van der Waals surface area contributed by atoms with E-state index in [2.05, 4.69) is 45.4 Å². The molecule has 2 atom stereocenters. The van der Waals surface area contributed by atoms with Gasteiger partial charge in [0.25, 0.3) is 0 Å². The second kappa shape index (κ2) is 6.49. The van der Waals surface area contributed by atoms with Crippen LogP contribution in [0.5, 0.6) is 5.75 Å². The smallest absolute Gasteiger partial charge is 0.185 e. The van der Waals surface area contributed by atoms with E-state index in [1.807, 2.05) is 16.8 Å². The predicted octanol–water partition coefficient (Wildman–Crippen LogP) is 3.51. The highest BCUT2D eigenvalue weighted by Crippen LogP contribution is 2.44. The summed E-state index contributed by atoms with van der Waals surface area (Å²) in [5, 5.41) is 22.8. The maximum Gasteiger partial charge on any atom is 0.185 e. The summed E-state index contributed by atoms with van der Waals surface area (Å²) < 4.78 is 1.82. The van der Waals surface area contributed by atoms with Gasteiger partial charge in [-0.05, 0) is 57.7 Å². The van der Waals surface area contributed by atoms with Crippen LogP contribution < -0.4 is 5.32 Å². The van der Waals surface area contributed by atoms with Crippen LogP contribution >= 0.6 is 0 Å². The molecule has 3 aromatic rings. The molecule has 0 aliphatic carbocycles. The van der Waals surface area contributed by atoms with E-state index in [4.69, 9.17) is 0 Å². The van der Waals surface area contributed by atoms with Crippen LogP contribution in [0.3, 0.4) is 0 Å². The quantitative estimate of drug-likeness (QED) is 0.714. The molecular weight excluding hydrogens is 364 g/mol. The summed E-state index contributed by atoms with van der Waals surface area (Å²) in [6.45, 7) is 4.60. The molecule has 148 valence electrons. The van der Waals surface area contributed by atoms with Crippen molar-refractivity contribution in [2.24, 2.45) is 0 Å². The Morgan fingerprint density at radius 2 is 1.93 bits per heavy atom. The molecule has 2 aliphatic heterocycles. The zero-order valence-electron chi connectivity index (χ0n) is 16.6. The number of phenolic OH excluding ortho intramolecular Hbond substituents is 1. The molecule has 7 nitrogen and oxygen atoms in total. The van der Waals surface area contributed by atoms with E-state index in [0.29, 0.717) is 11.4 Å². The number of phenols is 1. The van der Waals surface area contributed by atoms with Gasteiger partial charge in [0.15, 0.2) is 5.82 Å². The van der Waals surface area contributed by atoms with Crippen molar-refractivity contribution in [1.29, 1.82) is 0 Å². The molecule has 5 rings (SSSR count). The van der Waals surface area contributed by atoms with Crippen molar-refractivity contribution < 1.29 is 5.11 Å². The second-order valence-electron chi connectivity index (χ2n) is 8.78. The lowest BCUT2D eigenvalue weighted by molar-refractivity contribution is 0.282. The fraction of sp³-hybridized carbons (Fsp3) is 0.364. The number of aromatic hydroxyl groups is 1. The number of hydrogen-bond donors (Lipinski definition) is 2. The number of hydrogen-bond acceptors (Lipinski definition) is 6. The fourth-order valence-corrected chi connectivity index (χ4v) is 4.80. The van der Waals surface area contributed by atoms with Crippen molar-refractivity contribution in [3.05, 3.63) is 54.4 Å². The third-order valence-corrected chi connectivity index (χ3v) is 6.02. The average Bonchev–Trinajstić information content (AvgIpc) is 3.28. The number of imidazole rings is 1. The highest BCUT2D eigenvalue weighted by molar-refractivity contribution is 5.66. The minimum atomic E-state index is 0.111. The molecule has 0 unspecified atom stereocenters. The van der Waals surface area contributed by atoms with E-state index in [9.17, 15) is 5.11 Å². The number of fused-ring (bicyclic) bond motifs is 2. The SMILES string of the molecule is C[C@]12CC[C@](C)(C/C(=C\c3cnc(-c4ccc(-n5ccnc5)cc4O)nn3)C1)N2. The minimum Gasteiger partial charge on any atom is -0.507 e. The standard InChI is InChI=1S/C22H24N6O/c1-21-5-6-22(2,27-21)12-15(11-21)9-16-13-24-20(26-25-16)18-4-3-17(10-19(18)29)28-8-7-23-14-28/h3-4,7-10,13-14,27,29H,5-6,11-12H2,1-2H3/b15-9-/t21-,22+/m0/s1. The number of aromatic nitrogens is 5. The van der Waals surface area contributed by atoms with Crippen LogP contribution in [-0.2, 0) is 0 Å². The van der Waals surface area contributed by atoms with Crippen molar-refractivity contribution in [2.45, 2.75) is 50.6 Å². The van der Waals surface area contributed by atoms with Crippen LogP contribution in [0.1, 0.15) is 45.2 Å². The number of benzene rings is 1. The monoisotopic (exact) mass is 388 g/mol. The van der Waals surface area contributed by atoms with Crippen LogP contribution in [0, 0.1) is 0 Å². The van der Waals surface area contributed by atoms with E-state index in [1.165, 1.54) is 18.4 Å². The second-order valence-corrected chi connectivity index (χ2v) is 8.78. The van der Waals surface area contributed by atoms with Gasteiger partial charge in [0, 0.05) is 29.5 Å². The molecule has 7 heteroatoms. The van der Waals surface area contributed by atoms with Gasteiger partial charge < -0.3 is 15.0 Å². The summed E-state index contributed by atoms with van der Waals surface area (Å²) in [5.74, 6) is 0.519. The molecule has 0 amide bonds. The first-order valence-corrected chi connectivity index (χ1v) is 9.92. The Bertz CT molecular complexity index is 1060. The van der Waals surface area contributed by atoms with Gasteiger partial charge in [-0.15, -0.1) is 10.2 Å². The third-order valence-electron chi connectivity index (χ3n) is 6.02. The number of nitrogens with one attached hydrogen (secondary N) is 1. The summed E-state index contributed by atoms with van der Waals surface area (Å²) in [7, 11) is 0. The van der Waals surface area contributed by atoms with Crippen LogP contribution in [0.2, 0.25) is 0 Å². The van der Waals surface area contributed by atoms with Crippen molar-refractivity contribution in [1.82, 2.24) is 30.0 Å². The summed E-state index contributed by atoms with van der Waals surface area (Å²) in [6.07, 6.45) is 13.5. The molecule has 29 heavy (non-hydrogen) atoms. The zero-order chi connectivity index (χ0) is 20.1. The van der Waals surface area contributed by atoms with E-state index in [1.54, 1.807) is 30.9 Å². The van der Waals surface area contributed by atoms with Gasteiger partial charge >= 0.3 is 0 Å². The molecular formula is C22H24N6O. The number of piperidine rings is 1. The van der Waals surface area contributed by atoms with Gasteiger partial charge in [-0.25, -0.2) is 9.97 Å². The highest BCUT2D eigenvalue weighted by Gasteiger charge is 2.46. The van der Waals surface area contributed by atoms with Crippen LogP contribution in [0.15, 0.2) is 48.7 Å². The summed E-state index contributed by atoms with van der Waals surface area (Å²) in [6, 6.07) is 5.36. The highest BCUT2D eigenvalue weighted by atomic mass is 16.3. The Balaban J connectivity index is 1.38. The molecule has 4 heterocycles. The van der Waals surface area contributed by atoms with Gasteiger partial charge in [-0.2, -0.15) is 0 Å². The lowest BCUT2D eigenvalue weighted by Gasteiger charge is -2.38. The predicted molar refractivity (Wildman–Crippen MR) is 110 cm³/mol. The average molecular weight is 388 g/mol. The van der Waals surface area contributed by atoms with Crippen LogP contribution in [0.25, 0.3) is 23.2 Å². The van der Waals surface area contributed by atoms with Gasteiger partial charge in [0.2, 0.25) is 0 Å². The first-order valence-electron chi connectivity index (χ1n) is 9.92. The maximum absolute atomic E-state index is 10.4. The maximum atomic E-state index is 10.4. The zero-order valence-corrected chi connectivity index (χ0v) is 16.6. The van der Waals surface area contributed by atoms with Gasteiger partial charge in [-0.1, -0.05) is 5.57 Å². The molecule has 2 saturated heterocycles. The Kier molecular flexibility index (Phi) is 4.03. The summed E-state index contributed by atoms with van der Waals surface area (Å²) in [5.41, 5.74) is 3.89. The topological polar surface area (TPSA) is 88.8 Å². The van der Waals surface area contributed by atoms with E-state index in [-0.39, 0.29) is 16.8 Å². The largest absolute Gasteiger partial charge is 0.507 e. The van der Waals surface area contributed by atoms with E-state index >= 15 is 0 Å². The van der Waals surface area contributed by atoms with Gasteiger partial charge in [0.1, 0.15) is 11.4 Å². The Morgan fingerprint density at radius 3 is 2.55 bits per heavy atom. The lowest BCUT2D eigenvalue weighted by Crippen LogP contribution is -2.51. The lowest BCUT2D eigenvalue weighted by atomic mass is 9.84. The number of rotatable bonds is 3. The Labute approximate surface area is 169 Å². The first-order chi connectivity index (χ1) is 13.9. The molecule has 2 aromatic heterocycles. The molecule has 0 radical (unpaired) electrons. The van der Waals surface area contributed by atoms with Gasteiger partial charge in [-0.3, -0.25) is 0 Å². The van der Waals surface area contributed by atoms with Crippen molar-refractivity contribution in [3.63, 3.8) is 0 Å². The molecule has 2 aliphatic rings. The summed E-state index contributed by atoms with van der Waals surface area (Å²) >= 11 is 0. The molecule has 2 fully saturated rings. The van der Waals surface area contributed by atoms with Crippen molar-refractivity contribution in [3.8, 4) is 22.8 Å². The summed E-state index contributed by atoms with van der Waals surface area (Å²) in [4.78, 5) is 8.47. The molecule has 1 aromatic carbocycles. The third kappa shape index (κ3) is 3.42. The van der Waals surface area contributed by atoms with Gasteiger partial charge in [0.05, 0.1) is 23.8 Å². The van der Waals surface area contributed by atoms with E-state index in [0.717, 1.165) is 24.2 Å². The normalized spacial score (nSPS) is 27.4. The number of nitrogens with zero attached hydrogens (tertiary/aromatic N) is 5. The van der Waals surface area contributed by atoms with Crippen molar-refractivity contribution in [2.75, 3.05) is 0 Å². The molecule has 0 saturated carbocycles. The first kappa shape index (κ1) is 18.0. The van der Waals surface area contributed by atoms with Crippen LogP contribution in [-0.4, -0.2) is 40.9 Å². The molecule has 2 bridgehead atoms. The Morgan fingerprint density at radius 1 is 1.14 bits per heavy atom. The van der Waals surface area contributed by atoms with E-state index < -0.39 is 0 Å². The van der Waals surface area contributed by atoms with Crippen LogP contribution in [0.4, 0.5) is 0 Å².